The number of nitrogens with zero attached hydrogens (tertiary/aromatic N) is 1. The number of carbonyl (C=O) groups excluding carboxylic acids is 1. The summed E-state index contributed by atoms with van der Waals surface area (Å²) in [5, 5.41) is 3.22. The predicted octanol–water partition coefficient (Wildman–Crippen LogP) is 2.02. The Bertz CT molecular complexity index is 439. The number of hydrogen-bond acceptors (Lipinski definition) is 2. The molecule has 1 fully saturated rings. The monoisotopic (exact) mass is 300 g/mol. The van der Waals surface area contributed by atoms with E-state index in [0.29, 0.717) is 16.6 Å². The van der Waals surface area contributed by atoms with Gasteiger partial charge in [0.25, 0.3) is 5.91 Å². The number of nitrogens with one attached hydrogen (secondary N) is 1. The maximum absolute atomic E-state index is 13.4. The predicted molar refractivity (Wildman–Crippen MR) is 67.5 cm³/mol. The van der Waals surface area contributed by atoms with Crippen molar-refractivity contribution in [3.8, 4) is 0 Å². The second-order valence-electron chi connectivity index (χ2n) is 4.18. The molecule has 0 saturated carbocycles. The largest absolute Gasteiger partial charge is 0.333 e. The van der Waals surface area contributed by atoms with Gasteiger partial charge in [0.05, 0.1) is 4.47 Å². The van der Waals surface area contributed by atoms with Gasteiger partial charge in [-0.3, -0.25) is 4.79 Å². The quantitative estimate of drug-likeness (QED) is 0.861. The Morgan fingerprint density at radius 1 is 1.59 bits per heavy atom. The van der Waals surface area contributed by atoms with Crippen molar-refractivity contribution < 1.29 is 9.18 Å². The number of rotatable bonds is 1. The molecule has 1 atom stereocenters. The molecule has 0 radical (unpaired) electrons. The second kappa shape index (κ2) is 5.14. The summed E-state index contributed by atoms with van der Waals surface area (Å²) in [5.41, 5.74) is 0.402. The number of hydrogen-bond donors (Lipinski definition) is 1. The van der Waals surface area contributed by atoms with E-state index >= 15 is 0 Å². The minimum absolute atomic E-state index is 0.106. The van der Waals surface area contributed by atoms with E-state index < -0.39 is 5.82 Å². The highest BCUT2D eigenvalue weighted by atomic mass is 79.9. The minimum Gasteiger partial charge on any atom is -0.333 e. The molecule has 5 heteroatoms. The minimum atomic E-state index is -0.404. The average molecular weight is 301 g/mol. The number of halogens is 2. The first-order valence-corrected chi connectivity index (χ1v) is 6.35. The Balaban J connectivity index is 2.21. The molecule has 92 valence electrons. The maximum Gasteiger partial charge on any atom is 0.254 e. The van der Waals surface area contributed by atoms with Crippen LogP contribution in [0.4, 0.5) is 4.39 Å². The SMILES string of the molecule is C[C@@H]1CNCCN1C(=O)c1ccc(Br)c(F)c1. The van der Waals surface area contributed by atoms with Gasteiger partial charge < -0.3 is 10.2 Å². The van der Waals surface area contributed by atoms with Crippen LogP contribution in [0.3, 0.4) is 0 Å². The summed E-state index contributed by atoms with van der Waals surface area (Å²) in [5.74, 6) is -0.510. The molecule has 1 amide bonds. The summed E-state index contributed by atoms with van der Waals surface area (Å²) in [4.78, 5) is 14.0. The second-order valence-corrected chi connectivity index (χ2v) is 5.03. The van der Waals surface area contributed by atoms with Crippen LogP contribution in [-0.4, -0.2) is 36.5 Å². The van der Waals surface area contributed by atoms with Gasteiger partial charge in [-0.15, -0.1) is 0 Å². The topological polar surface area (TPSA) is 32.3 Å². The third kappa shape index (κ3) is 2.66. The molecular weight excluding hydrogens is 287 g/mol. The lowest BCUT2D eigenvalue weighted by atomic mass is 10.1. The Morgan fingerprint density at radius 3 is 3.00 bits per heavy atom. The van der Waals surface area contributed by atoms with Gasteiger partial charge >= 0.3 is 0 Å². The maximum atomic E-state index is 13.4. The molecule has 1 saturated heterocycles. The third-order valence-electron chi connectivity index (χ3n) is 2.93. The highest BCUT2D eigenvalue weighted by Gasteiger charge is 2.24. The van der Waals surface area contributed by atoms with Gasteiger partial charge in [-0.2, -0.15) is 0 Å². The first-order chi connectivity index (χ1) is 8.09. The lowest BCUT2D eigenvalue weighted by Gasteiger charge is -2.34. The van der Waals surface area contributed by atoms with Gasteiger partial charge in [0, 0.05) is 31.2 Å². The number of piperazine rings is 1. The van der Waals surface area contributed by atoms with Crippen molar-refractivity contribution in [2.45, 2.75) is 13.0 Å². The van der Waals surface area contributed by atoms with Crippen LogP contribution in [-0.2, 0) is 0 Å². The van der Waals surface area contributed by atoms with Crippen LogP contribution in [0.2, 0.25) is 0 Å². The molecule has 1 aromatic carbocycles. The molecule has 17 heavy (non-hydrogen) atoms. The summed E-state index contributed by atoms with van der Waals surface area (Å²) < 4.78 is 13.8. The van der Waals surface area contributed by atoms with Crippen LogP contribution >= 0.6 is 15.9 Å². The van der Waals surface area contributed by atoms with Crippen molar-refractivity contribution in [3.05, 3.63) is 34.1 Å². The van der Waals surface area contributed by atoms with Crippen molar-refractivity contribution >= 4 is 21.8 Å². The fraction of sp³-hybridized carbons (Fsp3) is 0.417. The molecule has 3 nitrogen and oxygen atoms in total. The molecule has 0 aliphatic carbocycles. The average Bonchev–Trinajstić information content (AvgIpc) is 2.32. The van der Waals surface area contributed by atoms with Crippen LogP contribution in [0.25, 0.3) is 0 Å². The van der Waals surface area contributed by atoms with Gasteiger partial charge in [0.2, 0.25) is 0 Å². The highest BCUT2D eigenvalue weighted by Crippen LogP contribution is 2.18. The Kier molecular flexibility index (Phi) is 3.79. The summed E-state index contributed by atoms with van der Waals surface area (Å²) in [6.45, 7) is 4.22. The van der Waals surface area contributed by atoms with E-state index in [9.17, 15) is 9.18 Å². The van der Waals surface area contributed by atoms with Crippen LogP contribution in [0, 0.1) is 5.82 Å². The molecular formula is C12H14BrFN2O. The van der Waals surface area contributed by atoms with Crippen LogP contribution < -0.4 is 5.32 Å². The Morgan fingerprint density at radius 2 is 2.35 bits per heavy atom. The van der Waals surface area contributed by atoms with Crippen molar-refractivity contribution in [1.82, 2.24) is 10.2 Å². The molecule has 1 N–H and O–H groups in total. The normalized spacial score (nSPS) is 20.4. The van der Waals surface area contributed by atoms with Crippen molar-refractivity contribution in [2.24, 2.45) is 0 Å². The van der Waals surface area contributed by atoms with E-state index in [1.807, 2.05) is 6.92 Å². The molecule has 2 rings (SSSR count). The first kappa shape index (κ1) is 12.5. The molecule has 0 unspecified atom stereocenters. The summed E-state index contributed by atoms with van der Waals surface area (Å²) >= 11 is 3.08. The van der Waals surface area contributed by atoms with E-state index in [0.717, 1.165) is 13.1 Å². The number of carbonyl (C=O) groups is 1. The lowest BCUT2D eigenvalue weighted by molar-refractivity contribution is 0.0655. The molecule has 1 aliphatic rings. The van der Waals surface area contributed by atoms with Gasteiger partial charge in [0.1, 0.15) is 5.82 Å². The van der Waals surface area contributed by atoms with E-state index in [2.05, 4.69) is 21.2 Å². The molecule has 0 bridgehead atoms. The van der Waals surface area contributed by atoms with E-state index in [1.165, 1.54) is 6.07 Å². The molecule has 0 aromatic heterocycles. The highest BCUT2D eigenvalue weighted by molar-refractivity contribution is 9.10. The van der Waals surface area contributed by atoms with Gasteiger partial charge in [0.15, 0.2) is 0 Å². The lowest BCUT2D eigenvalue weighted by Crippen LogP contribution is -2.52. The number of benzene rings is 1. The Labute approximate surface area is 108 Å². The summed E-state index contributed by atoms with van der Waals surface area (Å²) in [7, 11) is 0. The first-order valence-electron chi connectivity index (χ1n) is 5.56. The van der Waals surface area contributed by atoms with Crippen LogP contribution in [0.15, 0.2) is 22.7 Å². The molecule has 1 aliphatic heterocycles. The van der Waals surface area contributed by atoms with E-state index in [4.69, 9.17) is 0 Å². The fourth-order valence-electron chi connectivity index (χ4n) is 1.94. The molecule has 0 spiro atoms. The van der Waals surface area contributed by atoms with Gasteiger partial charge in [-0.1, -0.05) is 0 Å². The van der Waals surface area contributed by atoms with Gasteiger partial charge in [-0.05, 0) is 41.1 Å². The number of amides is 1. The standard InChI is InChI=1S/C12H14BrFN2O/c1-8-7-15-4-5-16(8)12(17)9-2-3-10(13)11(14)6-9/h2-3,6,8,15H,4-5,7H2,1H3/t8-/m1/s1. The fourth-order valence-corrected chi connectivity index (χ4v) is 2.18. The smallest absolute Gasteiger partial charge is 0.254 e. The summed E-state index contributed by atoms with van der Waals surface area (Å²) in [6.07, 6.45) is 0. The van der Waals surface area contributed by atoms with Crippen LogP contribution in [0.1, 0.15) is 17.3 Å². The zero-order valence-corrected chi connectivity index (χ0v) is 11.1. The van der Waals surface area contributed by atoms with Crippen molar-refractivity contribution in [3.63, 3.8) is 0 Å². The molecule has 1 aromatic rings. The zero-order valence-electron chi connectivity index (χ0n) is 9.54. The summed E-state index contributed by atoms with van der Waals surface area (Å²) in [6, 6.07) is 4.63. The Hall–Kier alpha value is -0.940. The van der Waals surface area contributed by atoms with Crippen molar-refractivity contribution in [2.75, 3.05) is 19.6 Å². The van der Waals surface area contributed by atoms with Gasteiger partial charge in [-0.25, -0.2) is 4.39 Å². The van der Waals surface area contributed by atoms with E-state index in [1.54, 1.807) is 17.0 Å². The van der Waals surface area contributed by atoms with Crippen LogP contribution in [0.5, 0.6) is 0 Å². The van der Waals surface area contributed by atoms with Crippen molar-refractivity contribution in [1.29, 1.82) is 0 Å². The zero-order chi connectivity index (χ0) is 12.4. The molecule has 1 heterocycles. The third-order valence-corrected chi connectivity index (χ3v) is 3.57. The van der Waals surface area contributed by atoms with E-state index in [-0.39, 0.29) is 11.9 Å².